The normalized spacial score (nSPS) is 51.0. The Hall–Kier alpha value is -0.960. The summed E-state index contributed by atoms with van der Waals surface area (Å²) < 4.78 is 0. The highest BCUT2D eigenvalue weighted by Crippen LogP contribution is 2.63. The molecule has 4 rings (SSSR count). The first-order valence-electron chi connectivity index (χ1n) is 8.85. The molecule has 3 heteroatoms. The SMILES string of the molecule is C[C@]12CC[C@H]3[C@@H](C(=O)C=C4CCCC(O)[C@@]43C)[C@@H]1CCC2=O. The summed E-state index contributed by atoms with van der Waals surface area (Å²) in [6.45, 7) is 4.25. The van der Waals surface area contributed by atoms with Gasteiger partial charge in [0.05, 0.1) is 6.10 Å². The van der Waals surface area contributed by atoms with Gasteiger partial charge in [-0.25, -0.2) is 0 Å². The molecule has 0 bridgehead atoms. The highest BCUT2D eigenvalue weighted by atomic mass is 16.3. The molecular weight excluding hydrogens is 276 g/mol. The standard InChI is InChI=1S/C19H26O3/c1-18-9-8-13-17(12(18)6-7-15(18)21)14(20)10-11-4-3-5-16(22)19(11,13)2/h10,12-13,16-17,22H,3-9H2,1-2H3/t12-,13-,16?,17-,18-,19-/m0/s1. The maximum atomic E-state index is 12.9. The molecule has 0 aromatic heterocycles. The zero-order valence-corrected chi connectivity index (χ0v) is 13.6. The summed E-state index contributed by atoms with van der Waals surface area (Å²) in [6.07, 6.45) is 7.56. The first kappa shape index (κ1) is 14.6. The molecule has 0 aromatic carbocycles. The van der Waals surface area contributed by atoms with E-state index in [0.717, 1.165) is 38.5 Å². The van der Waals surface area contributed by atoms with Crippen LogP contribution in [-0.2, 0) is 9.59 Å². The van der Waals surface area contributed by atoms with Crippen LogP contribution in [0.1, 0.15) is 58.8 Å². The van der Waals surface area contributed by atoms with Gasteiger partial charge in [0.15, 0.2) is 5.78 Å². The van der Waals surface area contributed by atoms with Crippen molar-refractivity contribution in [3.63, 3.8) is 0 Å². The summed E-state index contributed by atoms with van der Waals surface area (Å²) in [5.41, 5.74) is 0.632. The first-order valence-corrected chi connectivity index (χ1v) is 8.85. The summed E-state index contributed by atoms with van der Waals surface area (Å²) in [4.78, 5) is 25.2. The van der Waals surface area contributed by atoms with Gasteiger partial charge in [0, 0.05) is 23.2 Å². The maximum Gasteiger partial charge on any atom is 0.159 e. The molecule has 0 spiro atoms. The van der Waals surface area contributed by atoms with E-state index in [-0.39, 0.29) is 40.5 Å². The van der Waals surface area contributed by atoms with Crippen molar-refractivity contribution in [2.24, 2.45) is 28.6 Å². The quantitative estimate of drug-likeness (QED) is 0.748. The summed E-state index contributed by atoms with van der Waals surface area (Å²) in [5.74, 6) is 0.950. The fourth-order valence-corrected chi connectivity index (χ4v) is 6.23. The molecule has 6 atom stereocenters. The van der Waals surface area contributed by atoms with Crippen LogP contribution in [0.3, 0.4) is 0 Å². The molecule has 1 N–H and O–H groups in total. The molecule has 0 saturated heterocycles. The van der Waals surface area contributed by atoms with Crippen molar-refractivity contribution >= 4 is 11.6 Å². The van der Waals surface area contributed by atoms with Gasteiger partial charge in [0.2, 0.25) is 0 Å². The minimum Gasteiger partial charge on any atom is -0.392 e. The van der Waals surface area contributed by atoms with Gasteiger partial charge in [0.1, 0.15) is 5.78 Å². The van der Waals surface area contributed by atoms with Crippen molar-refractivity contribution in [2.45, 2.75) is 64.9 Å². The third-order valence-electron chi connectivity index (χ3n) is 7.70. The van der Waals surface area contributed by atoms with E-state index in [1.807, 2.05) is 6.08 Å². The number of Topliss-reactive ketones (excluding diaryl/α,β-unsaturated/α-hetero) is 1. The minimum atomic E-state index is -0.338. The van der Waals surface area contributed by atoms with E-state index in [1.165, 1.54) is 5.57 Å². The Morgan fingerprint density at radius 3 is 2.64 bits per heavy atom. The van der Waals surface area contributed by atoms with Crippen LogP contribution in [0.5, 0.6) is 0 Å². The van der Waals surface area contributed by atoms with E-state index in [1.54, 1.807) is 0 Å². The van der Waals surface area contributed by atoms with Crippen LogP contribution in [0.15, 0.2) is 11.6 Å². The van der Waals surface area contributed by atoms with Crippen LogP contribution < -0.4 is 0 Å². The number of rotatable bonds is 0. The molecule has 3 nitrogen and oxygen atoms in total. The van der Waals surface area contributed by atoms with E-state index < -0.39 is 0 Å². The number of aliphatic hydroxyl groups is 1. The molecule has 0 aromatic rings. The molecule has 0 amide bonds. The second-order valence-corrected chi connectivity index (χ2v) is 8.42. The molecule has 0 aliphatic heterocycles. The predicted molar refractivity (Wildman–Crippen MR) is 83.1 cm³/mol. The molecule has 0 radical (unpaired) electrons. The van der Waals surface area contributed by atoms with Crippen LogP contribution in [0, 0.1) is 28.6 Å². The molecule has 3 saturated carbocycles. The Morgan fingerprint density at radius 1 is 1.09 bits per heavy atom. The Morgan fingerprint density at radius 2 is 1.86 bits per heavy atom. The fourth-order valence-electron chi connectivity index (χ4n) is 6.23. The lowest BCUT2D eigenvalue weighted by Gasteiger charge is -2.56. The van der Waals surface area contributed by atoms with Gasteiger partial charge >= 0.3 is 0 Å². The minimum absolute atomic E-state index is 0.0494. The third kappa shape index (κ3) is 1.61. The molecule has 4 aliphatic rings. The third-order valence-corrected chi connectivity index (χ3v) is 7.70. The van der Waals surface area contributed by atoms with E-state index in [0.29, 0.717) is 12.2 Å². The molecule has 120 valence electrons. The predicted octanol–water partition coefficient (Wildman–Crippen LogP) is 3.06. The average molecular weight is 302 g/mol. The van der Waals surface area contributed by atoms with Crippen molar-refractivity contribution in [1.82, 2.24) is 0 Å². The summed E-state index contributed by atoms with van der Waals surface area (Å²) in [6, 6.07) is 0. The number of ketones is 2. The van der Waals surface area contributed by atoms with Crippen LogP contribution in [0.4, 0.5) is 0 Å². The summed E-state index contributed by atoms with van der Waals surface area (Å²) >= 11 is 0. The molecule has 3 fully saturated rings. The molecule has 1 unspecified atom stereocenters. The number of hydrogen-bond donors (Lipinski definition) is 1. The number of carbonyl (C=O) groups excluding carboxylic acids is 2. The second kappa shape index (κ2) is 4.53. The second-order valence-electron chi connectivity index (χ2n) is 8.42. The highest BCUT2D eigenvalue weighted by Gasteiger charge is 2.62. The van der Waals surface area contributed by atoms with Gasteiger partial charge in [0.25, 0.3) is 0 Å². The Labute approximate surface area is 132 Å². The Balaban J connectivity index is 1.80. The van der Waals surface area contributed by atoms with Crippen molar-refractivity contribution in [1.29, 1.82) is 0 Å². The number of hydrogen-bond acceptors (Lipinski definition) is 3. The molecular formula is C19H26O3. The number of allylic oxidation sites excluding steroid dienone is 1. The number of fused-ring (bicyclic) bond motifs is 5. The Kier molecular flexibility index (Phi) is 3.01. The van der Waals surface area contributed by atoms with E-state index in [4.69, 9.17) is 0 Å². The highest BCUT2D eigenvalue weighted by molar-refractivity contribution is 5.96. The smallest absolute Gasteiger partial charge is 0.159 e. The number of aliphatic hydroxyl groups excluding tert-OH is 1. The van der Waals surface area contributed by atoms with Gasteiger partial charge in [-0.3, -0.25) is 9.59 Å². The summed E-state index contributed by atoms with van der Waals surface area (Å²) in [5, 5.41) is 10.7. The van der Waals surface area contributed by atoms with Crippen LogP contribution in [0.2, 0.25) is 0 Å². The monoisotopic (exact) mass is 302 g/mol. The van der Waals surface area contributed by atoms with Crippen molar-refractivity contribution in [2.75, 3.05) is 0 Å². The largest absolute Gasteiger partial charge is 0.392 e. The van der Waals surface area contributed by atoms with Gasteiger partial charge in [-0.1, -0.05) is 19.4 Å². The lowest BCUT2D eigenvalue weighted by molar-refractivity contribution is -0.143. The first-order chi connectivity index (χ1) is 10.4. The van der Waals surface area contributed by atoms with Gasteiger partial charge in [-0.05, 0) is 56.4 Å². The lowest BCUT2D eigenvalue weighted by atomic mass is 9.47. The van der Waals surface area contributed by atoms with Crippen molar-refractivity contribution in [3.05, 3.63) is 11.6 Å². The van der Waals surface area contributed by atoms with Gasteiger partial charge in [-0.2, -0.15) is 0 Å². The molecule has 22 heavy (non-hydrogen) atoms. The van der Waals surface area contributed by atoms with E-state index >= 15 is 0 Å². The van der Waals surface area contributed by atoms with Crippen LogP contribution >= 0.6 is 0 Å². The average Bonchev–Trinajstić information content (AvgIpc) is 2.78. The Bertz CT molecular complexity index is 577. The number of carbonyl (C=O) groups is 2. The van der Waals surface area contributed by atoms with E-state index in [2.05, 4.69) is 13.8 Å². The van der Waals surface area contributed by atoms with Gasteiger partial charge < -0.3 is 5.11 Å². The van der Waals surface area contributed by atoms with Gasteiger partial charge in [-0.15, -0.1) is 0 Å². The lowest BCUT2D eigenvalue weighted by Crippen LogP contribution is -2.56. The van der Waals surface area contributed by atoms with Crippen LogP contribution in [0.25, 0.3) is 0 Å². The van der Waals surface area contributed by atoms with Crippen LogP contribution in [-0.4, -0.2) is 22.8 Å². The van der Waals surface area contributed by atoms with Crippen molar-refractivity contribution in [3.8, 4) is 0 Å². The maximum absolute atomic E-state index is 12.9. The molecule has 4 aliphatic carbocycles. The zero-order valence-electron chi connectivity index (χ0n) is 13.6. The topological polar surface area (TPSA) is 54.4 Å². The summed E-state index contributed by atoms with van der Waals surface area (Å²) in [7, 11) is 0. The molecule has 0 heterocycles. The van der Waals surface area contributed by atoms with Crippen molar-refractivity contribution < 1.29 is 14.7 Å². The fraction of sp³-hybridized carbons (Fsp3) is 0.789. The zero-order chi connectivity index (χ0) is 15.7. The van der Waals surface area contributed by atoms with E-state index in [9.17, 15) is 14.7 Å².